The van der Waals surface area contributed by atoms with E-state index in [2.05, 4.69) is 13.5 Å². The maximum Gasteiger partial charge on any atom is 0.330 e. The lowest BCUT2D eigenvalue weighted by Gasteiger charge is -2.37. The van der Waals surface area contributed by atoms with Crippen LogP contribution in [-0.2, 0) is 9.53 Å². The van der Waals surface area contributed by atoms with E-state index in [1.54, 1.807) is 0 Å². The monoisotopic (exact) mass is 348 g/mol. The minimum absolute atomic E-state index is 0.144. The van der Waals surface area contributed by atoms with Gasteiger partial charge in [-0.2, -0.15) is 0 Å². The Labute approximate surface area is 155 Å². The van der Waals surface area contributed by atoms with E-state index in [1.807, 2.05) is 0 Å². The van der Waals surface area contributed by atoms with E-state index in [4.69, 9.17) is 4.74 Å². The van der Waals surface area contributed by atoms with Crippen molar-refractivity contribution in [1.29, 1.82) is 0 Å². The first kappa shape index (κ1) is 20.5. The van der Waals surface area contributed by atoms with Crippen molar-refractivity contribution in [2.24, 2.45) is 17.8 Å². The Morgan fingerprint density at radius 1 is 0.880 bits per heavy atom. The Hall–Kier alpha value is -0.790. The molecule has 0 aromatic rings. The van der Waals surface area contributed by atoms with Gasteiger partial charge in [0, 0.05) is 6.08 Å². The van der Waals surface area contributed by atoms with E-state index in [-0.39, 0.29) is 12.1 Å². The van der Waals surface area contributed by atoms with E-state index in [9.17, 15) is 4.79 Å². The highest BCUT2D eigenvalue weighted by Gasteiger charge is 2.31. The van der Waals surface area contributed by atoms with Gasteiger partial charge in [0.25, 0.3) is 0 Å². The molecule has 2 heteroatoms. The van der Waals surface area contributed by atoms with Gasteiger partial charge in [-0.05, 0) is 56.3 Å². The van der Waals surface area contributed by atoms with E-state index in [1.165, 1.54) is 89.5 Å². The van der Waals surface area contributed by atoms with Gasteiger partial charge in [-0.15, -0.1) is 0 Å². The van der Waals surface area contributed by atoms with Crippen LogP contribution in [-0.4, -0.2) is 12.1 Å². The number of ether oxygens (including phenoxy) is 1. The number of carbonyl (C=O) groups is 1. The maximum absolute atomic E-state index is 11.3. The highest BCUT2D eigenvalue weighted by molar-refractivity contribution is 5.81. The van der Waals surface area contributed by atoms with Crippen molar-refractivity contribution in [1.82, 2.24) is 0 Å². The summed E-state index contributed by atoms with van der Waals surface area (Å²) in [6, 6.07) is 0. The molecule has 0 aromatic carbocycles. The summed E-state index contributed by atoms with van der Waals surface area (Å²) in [4.78, 5) is 11.3. The number of hydrogen-bond acceptors (Lipinski definition) is 2. The van der Waals surface area contributed by atoms with Crippen LogP contribution in [0.25, 0.3) is 0 Å². The van der Waals surface area contributed by atoms with Crippen LogP contribution < -0.4 is 0 Å². The molecule has 0 unspecified atom stereocenters. The molecule has 2 aliphatic rings. The molecule has 0 aliphatic heterocycles. The summed E-state index contributed by atoms with van der Waals surface area (Å²) in [6.07, 6.45) is 21.9. The average Bonchev–Trinajstić information content (AvgIpc) is 2.65. The zero-order valence-corrected chi connectivity index (χ0v) is 16.5. The molecule has 0 saturated heterocycles. The molecule has 0 atom stereocenters. The minimum Gasteiger partial charge on any atom is -0.459 e. The van der Waals surface area contributed by atoms with Gasteiger partial charge >= 0.3 is 5.97 Å². The lowest BCUT2D eigenvalue weighted by Crippen LogP contribution is -2.29. The fourth-order valence-corrected chi connectivity index (χ4v) is 5.05. The van der Waals surface area contributed by atoms with Gasteiger partial charge in [0.05, 0.1) is 0 Å². The van der Waals surface area contributed by atoms with Crippen molar-refractivity contribution >= 4 is 5.97 Å². The molecule has 2 saturated carbocycles. The Morgan fingerprint density at radius 3 is 2.04 bits per heavy atom. The third-order valence-electron chi connectivity index (χ3n) is 6.69. The van der Waals surface area contributed by atoms with Gasteiger partial charge < -0.3 is 4.74 Å². The highest BCUT2D eigenvalue weighted by Crippen LogP contribution is 2.41. The molecule has 0 spiro atoms. The molecule has 25 heavy (non-hydrogen) atoms. The molecule has 0 heterocycles. The van der Waals surface area contributed by atoms with Gasteiger partial charge in [-0.1, -0.05) is 71.3 Å². The summed E-state index contributed by atoms with van der Waals surface area (Å²) < 4.78 is 5.42. The third-order valence-corrected chi connectivity index (χ3v) is 6.69. The molecule has 2 nitrogen and oxygen atoms in total. The summed E-state index contributed by atoms with van der Waals surface area (Å²) in [7, 11) is 0. The van der Waals surface area contributed by atoms with Gasteiger partial charge in [0.2, 0.25) is 0 Å². The fourth-order valence-electron chi connectivity index (χ4n) is 5.05. The Balaban J connectivity index is 1.55. The molecule has 0 aromatic heterocycles. The second-order valence-corrected chi connectivity index (χ2v) is 8.52. The third kappa shape index (κ3) is 7.54. The molecular formula is C23H40O2. The van der Waals surface area contributed by atoms with Gasteiger partial charge in [-0.25, -0.2) is 4.79 Å². The van der Waals surface area contributed by atoms with Crippen LogP contribution in [0.5, 0.6) is 0 Å². The molecule has 0 bridgehead atoms. The van der Waals surface area contributed by atoms with Crippen LogP contribution in [0.1, 0.15) is 103 Å². The Bertz CT molecular complexity index is 374. The summed E-state index contributed by atoms with van der Waals surface area (Å²) in [5.74, 6) is 2.58. The molecule has 0 radical (unpaired) electrons. The van der Waals surface area contributed by atoms with Gasteiger partial charge in [0.1, 0.15) is 6.10 Å². The average molecular weight is 349 g/mol. The molecule has 2 aliphatic carbocycles. The fraction of sp³-hybridized carbons (Fsp3) is 0.870. The standard InChI is InChI=1S/C23H40O2/c1-3-5-6-7-8-9-10-19-11-13-20(14-12-19)21-15-17-22(18-16-21)25-23(24)4-2/h4,19-22H,2-3,5-18H2,1H3. The van der Waals surface area contributed by atoms with Gasteiger partial charge in [0.15, 0.2) is 0 Å². The second kappa shape index (κ2) is 11.8. The van der Waals surface area contributed by atoms with E-state index in [0.29, 0.717) is 0 Å². The summed E-state index contributed by atoms with van der Waals surface area (Å²) in [5.41, 5.74) is 0. The van der Waals surface area contributed by atoms with E-state index in [0.717, 1.165) is 30.6 Å². The number of rotatable bonds is 10. The second-order valence-electron chi connectivity index (χ2n) is 8.52. The summed E-state index contributed by atoms with van der Waals surface area (Å²) >= 11 is 0. The van der Waals surface area contributed by atoms with Crippen molar-refractivity contribution < 1.29 is 9.53 Å². The van der Waals surface area contributed by atoms with Crippen LogP contribution in [0.3, 0.4) is 0 Å². The molecular weight excluding hydrogens is 308 g/mol. The maximum atomic E-state index is 11.3. The van der Waals surface area contributed by atoms with Crippen LogP contribution in [0.4, 0.5) is 0 Å². The molecule has 2 fully saturated rings. The highest BCUT2D eigenvalue weighted by atomic mass is 16.5. The van der Waals surface area contributed by atoms with Crippen LogP contribution >= 0.6 is 0 Å². The van der Waals surface area contributed by atoms with Gasteiger partial charge in [-0.3, -0.25) is 0 Å². The number of carbonyl (C=O) groups excluding carboxylic acids is 1. The number of unbranched alkanes of at least 4 members (excludes halogenated alkanes) is 5. The first-order valence-electron chi connectivity index (χ1n) is 11.1. The predicted molar refractivity (Wildman–Crippen MR) is 105 cm³/mol. The summed E-state index contributed by atoms with van der Waals surface area (Å²) in [5, 5.41) is 0. The molecule has 0 amide bonds. The zero-order valence-electron chi connectivity index (χ0n) is 16.5. The van der Waals surface area contributed by atoms with E-state index >= 15 is 0 Å². The topological polar surface area (TPSA) is 26.3 Å². The zero-order chi connectivity index (χ0) is 17.9. The Kier molecular flexibility index (Phi) is 9.65. The first-order chi connectivity index (χ1) is 12.2. The quantitative estimate of drug-likeness (QED) is 0.246. The summed E-state index contributed by atoms with van der Waals surface area (Å²) in [6.45, 7) is 5.78. The SMILES string of the molecule is C=CC(=O)OC1CCC(C2CCC(CCCCCCCC)CC2)CC1. The van der Waals surface area contributed by atoms with Crippen molar-refractivity contribution in [3.05, 3.63) is 12.7 Å². The molecule has 144 valence electrons. The van der Waals surface area contributed by atoms with Crippen molar-refractivity contribution in [2.75, 3.05) is 0 Å². The minimum atomic E-state index is -0.251. The Morgan fingerprint density at radius 2 is 1.44 bits per heavy atom. The van der Waals surface area contributed by atoms with Crippen LogP contribution in [0, 0.1) is 17.8 Å². The van der Waals surface area contributed by atoms with Crippen molar-refractivity contribution in [3.63, 3.8) is 0 Å². The van der Waals surface area contributed by atoms with E-state index < -0.39 is 0 Å². The number of esters is 1. The van der Waals surface area contributed by atoms with Crippen LogP contribution in [0.2, 0.25) is 0 Å². The lowest BCUT2D eigenvalue weighted by atomic mass is 9.70. The number of hydrogen-bond donors (Lipinski definition) is 0. The smallest absolute Gasteiger partial charge is 0.330 e. The lowest BCUT2D eigenvalue weighted by molar-refractivity contribution is -0.145. The predicted octanol–water partition coefficient (Wildman–Crippen LogP) is 6.83. The van der Waals surface area contributed by atoms with Crippen molar-refractivity contribution in [2.45, 2.75) is 109 Å². The normalized spacial score (nSPS) is 30.0. The first-order valence-corrected chi connectivity index (χ1v) is 11.1. The molecule has 0 N–H and O–H groups in total. The molecule has 2 rings (SSSR count). The van der Waals surface area contributed by atoms with Crippen molar-refractivity contribution in [3.8, 4) is 0 Å². The van der Waals surface area contributed by atoms with Crippen LogP contribution in [0.15, 0.2) is 12.7 Å². The largest absolute Gasteiger partial charge is 0.459 e.